The maximum Gasteiger partial charge on any atom is 0.330 e. The maximum absolute atomic E-state index is 13.0. The van der Waals surface area contributed by atoms with Crippen LogP contribution < -0.4 is 21.9 Å². The topological polar surface area (TPSA) is 144 Å². The van der Waals surface area contributed by atoms with Gasteiger partial charge in [0, 0.05) is 25.2 Å². The summed E-state index contributed by atoms with van der Waals surface area (Å²) in [5, 5.41) is 11.0. The number of nitrogens with one attached hydrogen (secondary N) is 1. The van der Waals surface area contributed by atoms with E-state index in [4.69, 9.17) is 17.3 Å². The van der Waals surface area contributed by atoms with Crippen molar-refractivity contribution in [1.29, 1.82) is 0 Å². The third-order valence-electron chi connectivity index (χ3n) is 4.52. The number of nitrogens with two attached hydrogens (primary N) is 1. The van der Waals surface area contributed by atoms with Gasteiger partial charge in [-0.15, -0.1) is 0 Å². The molecule has 0 aliphatic heterocycles. The highest BCUT2D eigenvalue weighted by molar-refractivity contribution is 6.32. The number of halogens is 1. The highest BCUT2D eigenvalue weighted by atomic mass is 35.5. The fourth-order valence-electron chi connectivity index (χ4n) is 2.96. The molecule has 1 aromatic heterocycles. The maximum atomic E-state index is 13.0. The molecular weight excluding hydrogens is 426 g/mol. The van der Waals surface area contributed by atoms with Gasteiger partial charge in [-0.05, 0) is 30.5 Å². The van der Waals surface area contributed by atoms with Gasteiger partial charge in [0.25, 0.3) is 17.2 Å². The van der Waals surface area contributed by atoms with E-state index in [1.807, 2.05) is 13.8 Å². The monoisotopic (exact) mass is 449 g/mol. The van der Waals surface area contributed by atoms with E-state index >= 15 is 0 Å². The summed E-state index contributed by atoms with van der Waals surface area (Å²) < 4.78 is 1.22. The van der Waals surface area contributed by atoms with E-state index in [9.17, 15) is 24.5 Å². The molecule has 0 bridgehead atoms. The molecule has 3 N–H and O–H groups in total. The number of benzene rings is 1. The minimum Gasteiger partial charge on any atom is -0.383 e. The van der Waals surface area contributed by atoms with E-state index in [1.165, 1.54) is 39.8 Å². The Labute approximate surface area is 183 Å². The zero-order valence-electron chi connectivity index (χ0n) is 17.3. The Morgan fingerprint density at radius 2 is 2.03 bits per heavy atom. The minimum atomic E-state index is -0.755. The Kier molecular flexibility index (Phi) is 8.14. The van der Waals surface area contributed by atoms with Gasteiger partial charge in [-0.25, -0.2) is 4.79 Å². The van der Waals surface area contributed by atoms with Crippen LogP contribution in [0.2, 0.25) is 5.02 Å². The average molecular weight is 450 g/mol. The number of H-pyrrole nitrogens is 1. The van der Waals surface area contributed by atoms with Gasteiger partial charge in [0.1, 0.15) is 10.8 Å². The first-order valence-corrected chi connectivity index (χ1v) is 10.1. The number of carbonyl (C=O) groups is 1. The van der Waals surface area contributed by atoms with Gasteiger partial charge < -0.3 is 10.6 Å². The Bertz CT molecular complexity index is 1120. The highest BCUT2D eigenvalue weighted by Gasteiger charge is 2.22. The molecule has 2 aromatic rings. The van der Waals surface area contributed by atoms with Crippen molar-refractivity contribution in [3.63, 3.8) is 0 Å². The van der Waals surface area contributed by atoms with Crippen LogP contribution in [0.25, 0.3) is 6.08 Å². The normalized spacial score (nSPS) is 11.1. The lowest BCUT2D eigenvalue weighted by Gasteiger charge is -2.23. The van der Waals surface area contributed by atoms with Crippen LogP contribution in [0.1, 0.15) is 38.7 Å². The Morgan fingerprint density at radius 3 is 2.65 bits per heavy atom. The molecule has 166 valence electrons. The summed E-state index contributed by atoms with van der Waals surface area (Å²) in [6, 6.07) is 4.13. The number of rotatable bonds is 9. The lowest BCUT2D eigenvalue weighted by atomic mass is 10.2. The first-order valence-electron chi connectivity index (χ1n) is 9.77. The van der Waals surface area contributed by atoms with Gasteiger partial charge >= 0.3 is 5.69 Å². The zero-order chi connectivity index (χ0) is 23.1. The average Bonchev–Trinajstić information content (AvgIpc) is 2.72. The molecule has 1 heterocycles. The number of unbranched alkanes of at least 4 members (excludes halogenated alkanes) is 1. The number of amides is 1. The van der Waals surface area contributed by atoms with Gasteiger partial charge in [0.2, 0.25) is 0 Å². The second kappa shape index (κ2) is 10.6. The van der Waals surface area contributed by atoms with Crippen molar-refractivity contribution in [2.45, 2.75) is 39.7 Å². The zero-order valence-corrected chi connectivity index (χ0v) is 18.0. The first-order chi connectivity index (χ1) is 14.7. The van der Waals surface area contributed by atoms with Crippen LogP contribution >= 0.6 is 11.6 Å². The number of nitrogen functional groups attached to an aromatic ring is 1. The fourth-order valence-corrected chi connectivity index (χ4v) is 3.15. The van der Waals surface area contributed by atoms with Crippen molar-refractivity contribution >= 4 is 40.8 Å². The van der Waals surface area contributed by atoms with E-state index in [1.54, 1.807) is 0 Å². The molecule has 0 aliphatic rings. The molecule has 0 saturated carbocycles. The summed E-state index contributed by atoms with van der Waals surface area (Å²) in [7, 11) is 0. The molecule has 1 amide bonds. The SMILES string of the molecule is CCCCN(C(=O)/C=C/c1ccc(Cl)c([N+](=O)[O-])c1)c1c(N)n(CCC)c(=O)[nH]c1=O. The van der Waals surface area contributed by atoms with Gasteiger partial charge in [-0.1, -0.05) is 37.9 Å². The molecule has 0 saturated heterocycles. The van der Waals surface area contributed by atoms with Crippen molar-refractivity contribution in [2.75, 3.05) is 17.2 Å². The second-order valence-electron chi connectivity index (χ2n) is 6.79. The predicted molar refractivity (Wildman–Crippen MR) is 120 cm³/mol. The van der Waals surface area contributed by atoms with Crippen LogP contribution in [0, 0.1) is 10.1 Å². The molecular formula is C20H24ClN5O5. The van der Waals surface area contributed by atoms with Gasteiger partial charge in [0.15, 0.2) is 5.69 Å². The van der Waals surface area contributed by atoms with Crippen molar-refractivity contribution in [1.82, 2.24) is 9.55 Å². The number of hydrogen-bond acceptors (Lipinski definition) is 6. The van der Waals surface area contributed by atoms with Gasteiger partial charge in [0.05, 0.1) is 4.92 Å². The molecule has 0 radical (unpaired) electrons. The van der Waals surface area contributed by atoms with Crippen molar-refractivity contribution in [2.24, 2.45) is 0 Å². The number of nitro groups is 1. The Morgan fingerprint density at radius 1 is 1.32 bits per heavy atom. The summed E-state index contributed by atoms with van der Waals surface area (Å²) in [6.45, 7) is 4.27. The molecule has 31 heavy (non-hydrogen) atoms. The van der Waals surface area contributed by atoms with Crippen LogP contribution in [0.3, 0.4) is 0 Å². The minimum absolute atomic E-state index is 0.0180. The van der Waals surface area contributed by atoms with Crippen LogP contribution in [0.5, 0.6) is 0 Å². The highest BCUT2D eigenvalue weighted by Crippen LogP contribution is 2.26. The van der Waals surface area contributed by atoms with Crippen LogP contribution in [0.4, 0.5) is 17.2 Å². The summed E-state index contributed by atoms with van der Waals surface area (Å²) in [5.41, 5.74) is 4.70. The fraction of sp³-hybridized carbons (Fsp3) is 0.350. The molecule has 1 aromatic carbocycles. The molecule has 0 fully saturated rings. The van der Waals surface area contributed by atoms with Crippen LogP contribution in [0.15, 0.2) is 33.9 Å². The summed E-state index contributed by atoms with van der Waals surface area (Å²) >= 11 is 5.81. The molecule has 0 unspecified atom stereocenters. The molecule has 2 rings (SSSR count). The van der Waals surface area contributed by atoms with Crippen molar-refractivity contribution in [3.8, 4) is 0 Å². The number of aromatic amines is 1. The number of carbonyl (C=O) groups excluding carboxylic acids is 1. The first kappa shape index (κ1) is 23.9. The van der Waals surface area contributed by atoms with Crippen molar-refractivity contribution < 1.29 is 9.72 Å². The molecule has 11 heteroatoms. The quantitative estimate of drug-likeness (QED) is 0.342. The molecule has 0 aliphatic carbocycles. The number of nitrogens with zero attached hydrogens (tertiary/aromatic N) is 3. The second-order valence-corrected chi connectivity index (χ2v) is 7.20. The van der Waals surface area contributed by atoms with Crippen molar-refractivity contribution in [3.05, 3.63) is 65.8 Å². The number of nitro benzene ring substituents is 1. The van der Waals surface area contributed by atoms with E-state index in [0.717, 1.165) is 6.42 Å². The summed E-state index contributed by atoms with van der Waals surface area (Å²) in [4.78, 5) is 51.4. The molecule has 0 atom stereocenters. The van der Waals surface area contributed by atoms with E-state index < -0.39 is 22.1 Å². The van der Waals surface area contributed by atoms with E-state index in [-0.39, 0.29) is 35.3 Å². The van der Waals surface area contributed by atoms with Gasteiger partial charge in [-0.2, -0.15) is 0 Å². The summed E-state index contributed by atoms with van der Waals surface area (Å²) in [5.74, 6) is -0.638. The van der Waals surface area contributed by atoms with Crippen LogP contribution in [-0.4, -0.2) is 26.9 Å². The van der Waals surface area contributed by atoms with Gasteiger partial charge in [-0.3, -0.25) is 29.3 Å². The number of anilines is 2. The lowest BCUT2D eigenvalue weighted by Crippen LogP contribution is -2.41. The number of hydrogen-bond donors (Lipinski definition) is 2. The number of aromatic nitrogens is 2. The predicted octanol–water partition coefficient (Wildman–Crippen LogP) is 2.94. The summed E-state index contributed by atoms with van der Waals surface area (Å²) in [6.07, 6.45) is 4.53. The third-order valence-corrected chi connectivity index (χ3v) is 4.84. The smallest absolute Gasteiger partial charge is 0.330 e. The molecule has 0 spiro atoms. The van der Waals surface area contributed by atoms with E-state index in [0.29, 0.717) is 18.4 Å². The largest absolute Gasteiger partial charge is 0.383 e. The Balaban J connectivity index is 2.47. The van der Waals surface area contributed by atoms with Crippen LogP contribution in [-0.2, 0) is 11.3 Å². The van der Waals surface area contributed by atoms with E-state index in [2.05, 4.69) is 4.98 Å². The Hall–Kier alpha value is -3.40. The molecule has 10 nitrogen and oxygen atoms in total. The lowest BCUT2D eigenvalue weighted by molar-refractivity contribution is -0.384. The standard InChI is InChI=1S/C20H24ClN5O5/c1-3-5-11-24(17-18(22)25(10-4-2)20(29)23-19(17)28)16(27)9-7-13-6-8-14(21)15(12-13)26(30)31/h6-9,12H,3-5,10-11,22H2,1-2H3,(H,23,28,29)/b9-7+. The third kappa shape index (κ3) is 5.60.